The van der Waals surface area contributed by atoms with Gasteiger partial charge >= 0.3 is 0 Å². The molecular weight excluding hydrogens is 961 g/mol. The molecule has 3 aliphatic carbocycles. The van der Waals surface area contributed by atoms with Crippen molar-refractivity contribution in [1.82, 2.24) is 29.8 Å². The molecule has 11 aliphatic rings. The molecule has 78 heavy (non-hydrogen) atoms. The minimum absolute atomic E-state index is 0. The number of piperidine rings is 4. The molecule has 0 amide bonds. The lowest BCUT2D eigenvalue weighted by Gasteiger charge is -2.20. The number of rotatable bonds is 0. The van der Waals surface area contributed by atoms with Crippen molar-refractivity contribution in [2.75, 3.05) is 140 Å². The highest BCUT2D eigenvalue weighted by molar-refractivity contribution is 4.65. The Hall–Kier alpha value is -0.360. The van der Waals surface area contributed by atoms with Gasteiger partial charge in [-0.25, -0.2) is 0 Å². The van der Waals surface area contributed by atoms with Crippen LogP contribution in [-0.2, 0) is 14.2 Å². The van der Waals surface area contributed by atoms with Crippen molar-refractivity contribution in [3.05, 3.63) is 0 Å². The smallest absolute Gasteiger partial charge is 0.0593 e. The summed E-state index contributed by atoms with van der Waals surface area (Å²) >= 11 is 0. The zero-order chi connectivity index (χ0) is 56.2. The fourth-order valence-corrected chi connectivity index (χ4v) is 11.7. The van der Waals surface area contributed by atoms with Gasteiger partial charge in [0.05, 0.1) is 18.8 Å². The average Bonchev–Trinajstić information content (AvgIpc) is 3.99. The first-order valence-electron chi connectivity index (χ1n) is 34.3. The lowest BCUT2D eigenvalue weighted by atomic mass is 9.91. The summed E-state index contributed by atoms with van der Waals surface area (Å²) in [6.45, 7) is 32.8. The van der Waals surface area contributed by atoms with Crippen LogP contribution in [0, 0.1) is 23.7 Å². The second kappa shape index (κ2) is 57.1. The Labute approximate surface area is 491 Å². The Morgan fingerprint density at radius 3 is 0.821 bits per heavy atom. The summed E-state index contributed by atoms with van der Waals surface area (Å²) < 4.78 is 15.9. The number of likely N-dealkylation sites (N-methyl/N-ethyl adjacent to an activating group) is 1. The average molecular weight is 1110 g/mol. The Morgan fingerprint density at radius 1 is 0.269 bits per heavy atom. The molecule has 0 aromatic carbocycles. The van der Waals surface area contributed by atoms with Crippen molar-refractivity contribution in [1.29, 1.82) is 0 Å². The molecule has 8 saturated heterocycles. The Morgan fingerprint density at radius 2 is 0.551 bits per heavy atom. The van der Waals surface area contributed by atoms with Crippen molar-refractivity contribution in [3.8, 4) is 0 Å². The van der Waals surface area contributed by atoms with Gasteiger partial charge in [-0.1, -0.05) is 157 Å². The number of nitrogens with zero attached hydrogens (tertiary/aromatic N) is 5. The van der Waals surface area contributed by atoms with E-state index >= 15 is 0 Å². The number of likely N-dealkylation sites (tertiary alicyclic amines) is 4. The van der Waals surface area contributed by atoms with Crippen LogP contribution in [0.2, 0.25) is 0 Å². The summed E-state index contributed by atoms with van der Waals surface area (Å²) in [6.07, 6.45) is 50.7. The SMILES string of the molecule is C.CC1CCCC1.CC1CCCCC1.CC1CCCCC1.CC1CCCCCO1.CC1CCCCO1.CC1CCCNC1.CN1CCCC1.CN1CCCCC1.CN1CCCCC1.CN1CCCCC1.CN1CCCOCC1. The van der Waals surface area contributed by atoms with Gasteiger partial charge in [0.25, 0.3) is 0 Å². The quantitative estimate of drug-likeness (QED) is 0.256. The third-order valence-electron chi connectivity index (χ3n) is 17.6. The molecule has 470 valence electrons. The van der Waals surface area contributed by atoms with Crippen molar-refractivity contribution in [2.45, 2.75) is 286 Å². The van der Waals surface area contributed by atoms with Gasteiger partial charge in [0.1, 0.15) is 0 Å². The van der Waals surface area contributed by atoms with E-state index in [-0.39, 0.29) is 7.43 Å². The highest BCUT2D eigenvalue weighted by Crippen LogP contribution is 2.24. The van der Waals surface area contributed by atoms with Crippen LogP contribution < -0.4 is 5.32 Å². The minimum Gasteiger partial charge on any atom is -0.380 e. The molecule has 3 atom stereocenters. The van der Waals surface area contributed by atoms with E-state index in [1.54, 1.807) is 0 Å². The normalized spacial score (nSPS) is 27.0. The summed E-state index contributed by atoms with van der Waals surface area (Å²) in [7, 11) is 10.9. The third kappa shape index (κ3) is 54.9. The molecule has 1 N–H and O–H groups in total. The lowest BCUT2D eigenvalue weighted by molar-refractivity contribution is 0.0285. The van der Waals surface area contributed by atoms with Gasteiger partial charge < -0.3 is 44.0 Å². The van der Waals surface area contributed by atoms with Crippen molar-refractivity contribution < 1.29 is 14.2 Å². The van der Waals surface area contributed by atoms with E-state index in [2.05, 4.69) is 107 Å². The fraction of sp³-hybridized carbons (Fsp3) is 1.00. The van der Waals surface area contributed by atoms with E-state index in [1.807, 2.05) is 0 Å². The summed E-state index contributed by atoms with van der Waals surface area (Å²) in [5.74, 6) is 4.04. The number of hydrogen-bond donors (Lipinski definition) is 1. The van der Waals surface area contributed by atoms with E-state index in [1.165, 1.54) is 297 Å². The highest BCUT2D eigenvalue weighted by atomic mass is 16.5. The van der Waals surface area contributed by atoms with Crippen molar-refractivity contribution in [3.63, 3.8) is 0 Å². The predicted octanol–water partition coefficient (Wildman–Crippen LogP) is 16.9. The van der Waals surface area contributed by atoms with Gasteiger partial charge in [0.15, 0.2) is 0 Å². The van der Waals surface area contributed by atoms with Crippen LogP contribution in [0.4, 0.5) is 0 Å². The molecular formula is C69H146N6O3. The monoisotopic (exact) mass is 1110 g/mol. The fourth-order valence-electron chi connectivity index (χ4n) is 11.7. The van der Waals surface area contributed by atoms with Crippen LogP contribution in [0.25, 0.3) is 0 Å². The van der Waals surface area contributed by atoms with Crippen LogP contribution in [-0.4, -0.2) is 177 Å². The predicted molar refractivity (Wildman–Crippen MR) is 347 cm³/mol. The molecule has 0 aromatic heterocycles. The van der Waals surface area contributed by atoms with Gasteiger partial charge in [-0.05, 0) is 241 Å². The summed E-state index contributed by atoms with van der Waals surface area (Å²) in [5.41, 5.74) is 0. The van der Waals surface area contributed by atoms with Crippen LogP contribution in [0.15, 0.2) is 0 Å². The second-order valence-electron chi connectivity index (χ2n) is 26.4. The molecule has 9 heteroatoms. The summed E-state index contributed by atoms with van der Waals surface area (Å²) in [5, 5.41) is 3.33. The van der Waals surface area contributed by atoms with Gasteiger partial charge in [-0.2, -0.15) is 0 Å². The summed E-state index contributed by atoms with van der Waals surface area (Å²) in [6, 6.07) is 0. The van der Waals surface area contributed by atoms with E-state index in [0.717, 1.165) is 56.6 Å². The van der Waals surface area contributed by atoms with E-state index in [4.69, 9.17) is 14.2 Å². The van der Waals surface area contributed by atoms with Crippen molar-refractivity contribution >= 4 is 0 Å². The first-order valence-corrected chi connectivity index (χ1v) is 34.3. The topological polar surface area (TPSA) is 55.9 Å². The molecule has 9 nitrogen and oxygen atoms in total. The minimum atomic E-state index is 0. The van der Waals surface area contributed by atoms with Gasteiger partial charge in [0.2, 0.25) is 0 Å². The Bertz CT molecular complexity index is 926. The number of hydrogen-bond acceptors (Lipinski definition) is 9. The Balaban J connectivity index is 0.000000836. The molecule has 11 rings (SSSR count). The molecule has 8 aliphatic heterocycles. The first-order chi connectivity index (χ1) is 37.3. The van der Waals surface area contributed by atoms with Gasteiger partial charge in [0, 0.05) is 32.9 Å². The van der Waals surface area contributed by atoms with E-state index < -0.39 is 0 Å². The standard InChI is InChI=1S/C7H14O.2C7H14.C6H13NO.4C6H13N.C6H12O.C6H12.C5H11N.CH4/c1-7-5-3-2-4-6-8-7;2*1-7-5-3-2-4-6-7;1-7-3-2-5-8-6-4-7;1-6-3-2-4-7-5-6;3*1-7-5-3-2-4-6-7;1-6-4-2-3-5-7-6;2*1-6-4-2-3-5-6;/h7H,2-6H2,1H3;2*7H,2-6H2,1H3;2-6H2,1H3;6-7H,2-5H2,1H3;3*2-6H2,1H3;6H,2-5H2,1H3;6H,2-5H2,1H3;2-5H2,1H3;1H4. The van der Waals surface area contributed by atoms with E-state index in [9.17, 15) is 0 Å². The second-order valence-corrected chi connectivity index (χ2v) is 26.4. The summed E-state index contributed by atoms with van der Waals surface area (Å²) in [4.78, 5) is 11.8. The lowest BCUT2D eigenvalue weighted by Crippen LogP contribution is -2.27. The maximum atomic E-state index is 5.40. The molecule has 3 unspecified atom stereocenters. The number of ether oxygens (including phenoxy) is 3. The van der Waals surface area contributed by atoms with Crippen molar-refractivity contribution in [2.24, 2.45) is 23.7 Å². The molecule has 3 saturated carbocycles. The van der Waals surface area contributed by atoms with E-state index in [0.29, 0.717) is 12.2 Å². The maximum absolute atomic E-state index is 5.40. The third-order valence-corrected chi connectivity index (χ3v) is 17.6. The largest absolute Gasteiger partial charge is 0.380 e. The zero-order valence-corrected chi connectivity index (χ0v) is 54.5. The van der Waals surface area contributed by atoms with Gasteiger partial charge in [-0.15, -0.1) is 0 Å². The highest BCUT2D eigenvalue weighted by Gasteiger charge is 2.11. The molecule has 0 bridgehead atoms. The molecule has 11 fully saturated rings. The van der Waals surface area contributed by atoms with Crippen LogP contribution in [0.1, 0.15) is 274 Å². The first kappa shape index (κ1) is 77.6. The maximum Gasteiger partial charge on any atom is 0.0593 e. The van der Waals surface area contributed by atoms with Crippen LogP contribution in [0.5, 0.6) is 0 Å². The molecule has 0 aromatic rings. The van der Waals surface area contributed by atoms with Crippen LogP contribution in [0.3, 0.4) is 0 Å². The number of nitrogens with one attached hydrogen (secondary N) is 1. The van der Waals surface area contributed by atoms with Gasteiger partial charge in [-0.3, -0.25) is 0 Å². The van der Waals surface area contributed by atoms with Crippen LogP contribution >= 0.6 is 0 Å². The molecule has 0 radical (unpaired) electrons. The zero-order valence-electron chi connectivity index (χ0n) is 54.5. The molecule has 8 heterocycles. The molecule has 0 spiro atoms. The Kier molecular flexibility index (Phi) is 56.8.